The van der Waals surface area contributed by atoms with Crippen molar-refractivity contribution in [1.29, 1.82) is 0 Å². The molecule has 0 unspecified atom stereocenters. The lowest BCUT2D eigenvalue weighted by atomic mass is 10.0. The van der Waals surface area contributed by atoms with E-state index in [2.05, 4.69) is 15.6 Å². The fourth-order valence-electron chi connectivity index (χ4n) is 3.61. The minimum Gasteiger partial charge on any atom is -0.326 e. The third-order valence-electron chi connectivity index (χ3n) is 5.61. The van der Waals surface area contributed by atoms with Crippen LogP contribution in [0.2, 0.25) is 0 Å². The summed E-state index contributed by atoms with van der Waals surface area (Å²) in [5.41, 5.74) is 0.632. The lowest BCUT2D eigenvalue weighted by molar-refractivity contribution is -0.137. The van der Waals surface area contributed by atoms with Gasteiger partial charge in [-0.2, -0.15) is 26.3 Å². The molecule has 2 N–H and O–H groups in total. The van der Waals surface area contributed by atoms with Crippen molar-refractivity contribution in [2.45, 2.75) is 32.1 Å². The molecule has 1 heterocycles. The standard InChI is InChI=1S/C30H25F6N3O2/c1-2-25(7-3-4-13-29(31,32)33)38-27(40)22-16-21(10-9-20-11-14-37-15-12-20)17-23(18-22)28(41)39-26-8-5-6-24(19-26)30(34,35)36/h2,4-6,8-19H,3,7H2,1H3,(H,38,40)(H,39,41)/b10-9+,13-4+,25-2+. The number of anilines is 1. The second kappa shape index (κ2) is 13.6. The fraction of sp³-hybridized carbons (Fsp3) is 0.167. The molecule has 0 atom stereocenters. The summed E-state index contributed by atoms with van der Waals surface area (Å²) >= 11 is 0. The molecule has 2 amide bonds. The first-order chi connectivity index (χ1) is 19.3. The number of carbonyl (C=O) groups is 2. The molecule has 5 nitrogen and oxygen atoms in total. The van der Waals surface area contributed by atoms with Crippen LogP contribution in [0.3, 0.4) is 0 Å². The molecule has 2 aromatic carbocycles. The van der Waals surface area contributed by atoms with Gasteiger partial charge in [0.1, 0.15) is 0 Å². The number of alkyl halides is 6. The van der Waals surface area contributed by atoms with Crippen LogP contribution in [-0.2, 0) is 6.18 Å². The van der Waals surface area contributed by atoms with E-state index in [1.54, 1.807) is 49.7 Å². The smallest absolute Gasteiger partial charge is 0.326 e. The fourth-order valence-corrected chi connectivity index (χ4v) is 3.61. The molecule has 0 saturated heterocycles. The van der Waals surface area contributed by atoms with Crippen molar-refractivity contribution in [3.8, 4) is 0 Å². The summed E-state index contributed by atoms with van der Waals surface area (Å²) < 4.78 is 76.4. The van der Waals surface area contributed by atoms with Crippen LogP contribution in [0.4, 0.5) is 32.0 Å². The molecule has 214 valence electrons. The molecule has 0 spiro atoms. The first-order valence-electron chi connectivity index (χ1n) is 12.3. The lowest BCUT2D eigenvalue weighted by Gasteiger charge is -2.12. The molecule has 0 saturated carbocycles. The van der Waals surface area contributed by atoms with Crippen LogP contribution >= 0.6 is 0 Å². The number of amides is 2. The Kier molecular flexibility index (Phi) is 10.2. The van der Waals surface area contributed by atoms with Crippen LogP contribution in [-0.4, -0.2) is 23.0 Å². The van der Waals surface area contributed by atoms with Gasteiger partial charge >= 0.3 is 12.4 Å². The van der Waals surface area contributed by atoms with Crippen LogP contribution in [0.1, 0.15) is 57.2 Å². The van der Waals surface area contributed by atoms with Crippen molar-refractivity contribution < 1.29 is 35.9 Å². The maximum atomic E-state index is 13.1. The molecule has 0 aliphatic rings. The van der Waals surface area contributed by atoms with Crippen molar-refractivity contribution in [2.24, 2.45) is 0 Å². The topological polar surface area (TPSA) is 71.1 Å². The van der Waals surface area contributed by atoms with Gasteiger partial charge in [-0.05, 0) is 79.4 Å². The van der Waals surface area contributed by atoms with E-state index in [0.29, 0.717) is 11.3 Å². The highest BCUT2D eigenvalue weighted by atomic mass is 19.4. The van der Waals surface area contributed by atoms with Crippen molar-refractivity contribution in [1.82, 2.24) is 10.3 Å². The maximum absolute atomic E-state index is 13.1. The number of nitrogens with one attached hydrogen (secondary N) is 2. The molecule has 1 aromatic heterocycles. The Labute approximate surface area is 232 Å². The van der Waals surface area contributed by atoms with Gasteiger partial charge in [-0.1, -0.05) is 30.4 Å². The molecular formula is C30H25F6N3O2. The maximum Gasteiger partial charge on any atom is 0.416 e. The molecule has 0 aliphatic heterocycles. The Morgan fingerprint density at radius 2 is 1.51 bits per heavy atom. The third kappa shape index (κ3) is 10.1. The minimum absolute atomic E-state index is 0.000390. The highest BCUT2D eigenvalue weighted by Crippen LogP contribution is 2.31. The van der Waals surface area contributed by atoms with E-state index >= 15 is 0 Å². The first-order valence-corrected chi connectivity index (χ1v) is 12.3. The highest BCUT2D eigenvalue weighted by Gasteiger charge is 2.30. The molecule has 3 aromatic rings. The van der Waals surface area contributed by atoms with Gasteiger partial charge in [0, 0.05) is 41.0 Å². The molecular weight excluding hydrogens is 548 g/mol. The lowest BCUT2D eigenvalue weighted by Crippen LogP contribution is -2.23. The van der Waals surface area contributed by atoms with Gasteiger partial charge in [0.25, 0.3) is 11.8 Å². The monoisotopic (exact) mass is 573 g/mol. The van der Waals surface area contributed by atoms with E-state index in [4.69, 9.17) is 0 Å². The zero-order valence-corrected chi connectivity index (χ0v) is 21.7. The summed E-state index contributed by atoms with van der Waals surface area (Å²) in [6.07, 6.45) is 0.271. The Balaban J connectivity index is 1.87. The molecule has 0 aliphatic carbocycles. The summed E-state index contributed by atoms with van der Waals surface area (Å²) in [4.78, 5) is 30.1. The van der Waals surface area contributed by atoms with Gasteiger partial charge in [0.2, 0.25) is 0 Å². The Hall–Kier alpha value is -4.67. The van der Waals surface area contributed by atoms with Gasteiger partial charge in [0.15, 0.2) is 0 Å². The zero-order valence-electron chi connectivity index (χ0n) is 21.7. The Morgan fingerprint density at radius 1 is 0.854 bits per heavy atom. The summed E-state index contributed by atoms with van der Waals surface area (Å²) in [7, 11) is 0. The second-order valence-corrected chi connectivity index (χ2v) is 8.74. The van der Waals surface area contributed by atoms with Crippen LogP contribution in [0.15, 0.2) is 90.9 Å². The average molecular weight is 574 g/mol. The second-order valence-electron chi connectivity index (χ2n) is 8.74. The van der Waals surface area contributed by atoms with Crippen LogP contribution < -0.4 is 10.6 Å². The quantitative estimate of drug-likeness (QED) is 0.201. The molecule has 3 rings (SSSR count). The van der Waals surface area contributed by atoms with Crippen molar-refractivity contribution in [2.75, 3.05) is 5.32 Å². The number of allylic oxidation sites excluding steroid dienone is 4. The Morgan fingerprint density at radius 3 is 2.15 bits per heavy atom. The van der Waals surface area contributed by atoms with Crippen LogP contribution in [0, 0.1) is 0 Å². The number of aromatic nitrogens is 1. The van der Waals surface area contributed by atoms with Crippen molar-refractivity contribution >= 4 is 29.7 Å². The van der Waals surface area contributed by atoms with Crippen molar-refractivity contribution in [3.63, 3.8) is 0 Å². The third-order valence-corrected chi connectivity index (χ3v) is 5.61. The van der Waals surface area contributed by atoms with Gasteiger partial charge in [-0.25, -0.2) is 0 Å². The molecule has 0 fully saturated rings. The van der Waals surface area contributed by atoms with Gasteiger partial charge < -0.3 is 10.6 Å². The predicted molar refractivity (Wildman–Crippen MR) is 145 cm³/mol. The van der Waals surface area contributed by atoms with Gasteiger partial charge in [-0.3, -0.25) is 14.6 Å². The summed E-state index contributed by atoms with van der Waals surface area (Å²) in [5.74, 6) is -1.37. The normalized spacial score (nSPS) is 12.6. The number of hydrogen-bond donors (Lipinski definition) is 2. The van der Waals surface area contributed by atoms with E-state index in [9.17, 15) is 35.9 Å². The Bertz CT molecular complexity index is 1460. The number of carbonyl (C=O) groups excluding carboxylic acids is 2. The molecule has 11 heteroatoms. The number of nitrogens with zero attached hydrogens (tertiary/aromatic N) is 1. The van der Waals surface area contributed by atoms with Gasteiger partial charge in [-0.15, -0.1) is 0 Å². The number of hydrogen-bond acceptors (Lipinski definition) is 3. The number of rotatable bonds is 9. The van der Waals surface area contributed by atoms with E-state index in [0.717, 1.165) is 29.8 Å². The molecule has 0 bridgehead atoms. The summed E-state index contributed by atoms with van der Waals surface area (Å²) in [5, 5.41) is 5.06. The number of benzene rings is 2. The van der Waals surface area contributed by atoms with Crippen molar-refractivity contribution in [3.05, 3.63) is 119 Å². The largest absolute Gasteiger partial charge is 0.416 e. The molecule has 41 heavy (non-hydrogen) atoms. The predicted octanol–water partition coefficient (Wildman–Crippen LogP) is 8.06. The number of halogens is 6. The summed E-state index contributed by atoms with van der Waals surface area (Å²) in [6, 6.07) is 11.9. The molecule has 0 radical (unpaired) electrons. The summed E-state index contributed by atoms with van der Waals surface area (Å²) in [6.45, 7) is 1.62. The van der Waals surface area contributed by atoms with E-state index in [1.807, 2.05) is 0 Å². The van der Waals surface area contributed by atoms with Crippen LogP contribution in [0.25, 0.3) is 12.2 Å². The van der Waals surface area contributed by atoms with Crippen LogP contribution in [0.5, 0.6) is 0 Å². The highest BCUT2D eigenvalue weighted by molar-refractivity contribution is 6.07. The SMILES string of the molecule is C/C=C(\CC/C=C/C(F)(F)F)NC(=O)c1cc(/C=C/c2ccncc2)cc(C(=O)Nc2cccc(C(F)(F)F)c2)c1. The van der Waals surface area contributed by atoms with Gasteiger partial charge in [0.05, 0.1) is 5.56 Å². The average Bonchev–Trinajstić information content (AvgIpc) is 2.93. The number of pyridine rings is 1. The van der Waals surface area contributed by atoms with E-state index in [1.165, 1.54) is 24.3 Å². The zero-order chi connectivity index (χ0) is 30.0. The first kappa shape index (κ1) is 30.9. The van der Waals surface area contributed by atoms with E-state index in [-0.39, 0.29) is 35.7 Å². The van der Waals surface area contributed by atoms with E-state index < -0.39 is 29.7 Å². The minimum atomic E-state index is -4.60.